The minimum Gasteiger partial charge on any atom is -0.458 e. The van der Waals surface area contributed by atoms with Crippen molar-refractivity contribution in [3.8, 4) is 0 Å². The number of alkyl halides is 1. The Morgan fingerprint density at radius 2 is 1.86 bits per heavy atom. The standard InChI is InChI=1S/C19H29IO2/c1-4-18(3,20)17(21)22-19(5-2)10-13-9-14(19)16-12-7-6-11(8-12)15(13)16/h11-16H,4-10H2,1-3H3. The van der Waals surface area contributed by atoms with Crippen LogP contribution in [-0.4, -0.2) is 15.0 Å². The summed E-state index contributed by atoms with van der Waals surface area (Å²) < 4.78 is 5.94. The third-order valence-electron chi connectivity index (χ3n) is 7.88. The van der Waals surface area contributed by atoms with Crippen LogP contribution in [0.2, 0.25) is 0 Å². The summed E-state index contributed by atoms with van der Waals surface area (Å²) in [6, 6.07) is 0. The summed E-state index contributed by atoms with van der Waals surface area (Å²) in [5, 5.41) is 0. The van der Waals surface area contributed by atoms with Gasteiger partial charge in [0.25, 0.3) is 0 Å². The average molecular weight is 416 g/mol. The molecule has 2 nitrogen and oxygen atoms in total. The Hall–Kier alpha value is 0.200. The largest absolute Gasteiger partial charge is 0.458 e. The number of carbonyl (C=O) groups is 1. The lowest BCUT2D eigenvalue weighted by molar-refractivity contribution is -0.174. The zero-order valence-corrected chi connectivity index (χ0v) is 16.3. The molecule has 8 atom stereocenters. The SMILES string of the molecule is CCC(C)(I)C(=O)OC1(CC)CC2CC1C1C3CCC(C3)C21. The number of esters is 1. The van der Waals surface area contributed by atoms with Gasteiger partial charge in [0.05, 0.1) is 0 Å². The maximum absolute atomic E-state index is 12.7. The summed E-state index contributed by atoms with van der Waals surface area (Å²) >= 11 is 2.28. The highest BCUT2D eigenvalue weighted by atomic mass is 127. The number of hydrogen-bond acceptors (Lipinski definition) is 2. The molecular formula is C19H29IO2. The highest BCUT2D eigenvalue weighted by molar-refractivity contribution is 14.1. The lowest BCUT2D eigenvalue weighted by atomic mass is 9.65. The van der Waals surface area contributed by atoms with E-state index >= 15 is 0 Å². The maximum Gasteiger partial charge on any atom is 0.322 e. The number of rotatable bonds is 4. The van der Waals surface area contributed by atoms with E-state index in [9.17, 15) is 4.79 Å². The van der Waals surface area contributed by atoms with E-state index in [-0.39, 0.29) is 15.0 Å². The highest BCUT2D eigenvalue weighted by Crippen LogP contribution is 2.70. The molecule has 0 heterocycles. The molecule has 4 aliphatic carbocycles. The molecule has 8 unspecified atom stereocenters. The van der Waals surface area contributed by atoms with Crippen molar-refractivity contribution in [1.29, 1.82) is 0 Å². The first-order valence-corrected chi connectivity index (χ1v) is 10.4. The van der Waals surface area contributed by atoms with E-state index in [1.807, 2.05) is 6.92 Å². The molecule has 0 N–H and O–H groups in total. The Morgan fingerprint density at radius 3 is 2.50 bits per heavy atom. The summed E-state index contributed by atoms with van der Waals surface area (Å²) in [5.41, 5.74) is -0.130. The van der Waals surface area contributed by atoms with Crippen molar-refractivity contribution < 1.29 is 9.53 Å². The fourth-order valence-electron chi connectivity index (χ4n) is 6.73. The lowest BCUT2D eigenvalue weighted by Gasteiger charge is -2.46. The van der Waals surface area contributed by atoms with Crippen molar-refractivity contribution in [3.63, 3.8) is 0 Å². The van der Waals surface area contributed by atoms with E-state index in [0.717, 1.165) is 48.9 Å². The number of ether oxygens (including phenoxy) is 1. The predicted octanol–water partition coefficient (Wildman–Crippen LogP) is 4.98. The lowest BCUT2D eigenvalue weighted by Crippen LogP contribution is -2.49. The third kappa shape index (κ3) is 1.99. The van der Waals surface area contributed by atoms with Crippen LogP contribution in [0.3, 0.4) is 0 Å². The van der Waals surface area contributed by atoms with Gasteiger partial charge in [-0.15, -0.1) is 0 Å². The first-order chi connectivity index (χ1) is 10.4. The average Bonchev–Trinajstić information content (AvgIpc) is 3.24. The Balaban J connectivity index is 1.58. The molecule has 0 spiro atoms. The molecule has 0 aromatic heterocycles. The van der Waals surface area contributed by atoms with E-state index in [0.29, 0.717) is 5.92 Å². The second-order valence-corrected chi connectivity index (χ2v) is 11.0. The predicted molar refractivity (Wildman–Crippen MR) is 95.9 cm³/mol. The van der Waals surface area contributed by atoms with Crippen LogP contribution in [-0.2, 0) is 9.53 Å². The molecule has 0 aliphatic heterocycles. The fourth-order valence-corrected chi connectivity index (χ4v) is 6.84. The van der Waals surface area contributed by atoms with E-state index < -0.39 is 0 Å². The van der Waals surface area contributed by atoms with Crippen LogP contribution < -0.4 is 0 Å². The van der Waals surface area contributed by atoms with E-state index in [4.69, 9.17) is 4.74 Å². The number of hydrogen-bond donors (Lipinski definition) is 0. The molecule has 0 saturated heterocycles. The Bertz CT molecular complexity index is 488. The molecule has 4 fully saturated rings. The van der Waals surface area contributed by atoms with E-state index in [1.165, 1.54) is 25.7 Å². The zero-order valence-electron chi connectivity index (χ0n) is 14.1. The van der Waals surface area contributed by atoms with Crippen LogP contribution in [0.1, 0.15) is 65.7 Å². The van der Waals surface area contributed by atoms with Crippen molar-refractivity contribution in [1.82, 2.24) is 0 Å². The smallest absolute Gasteiger partial charge is 0.322 e. The molecule has 0 aromatic rings. The minimum absolute atomic E-state index is 0.0321. The molecule has 22 heavy (non-hydrogen) atoms. The Morgan fingerprint density at radius 1 is 1.18 bits per heavy atom. The fraction of sp³-hybridized carbons (Fsp3) is 0.947. The molecule has 4 rings (SSSR count). The summed E-state index contributed by atoms with van der Waals surface area (Å²) in [6.07, 6.45) is 8.76. The molecule has 0 radical (unpaired) electrons. The third-order valence-corrected chi connectivity index (χ3v) is 9.08. The zero-order chi connectivity index (χ0) is 15.7. The summed E-state index contributed by atoms with van der Waals surface area (Å²) in [5.74, 6) is 5.38. The molecule has 0 aromatic carbocycles. The normalized spacial score (nSPS) is 50.9. The summed E-state index contributed by atoms with van der Waals surface area (Å²) in [6.45, 7) is 6.35. The molecule has 4 saturated carbocycles. The minimum atomic E-state index is -0.365. The van der Waals surface area contributed by atoms with Gasteiger partial charge < -0.3 is 4.74 Å². The van der Waals surface area contributed by atoms with E-state index in [1.54, 1.807) is 0 Å². The van der Waals surface area contributed by atoms with Crippen LogP contribution in [0.4, 0.5) is 0 Å². The molecule has 4 aliphatic rings. The van der Waals surface area contributed by atoms with Crippen molar-refractivity contribution in [2.75, 3.05) is 0 Å². The monoisotopic (exact) mass is 416 g/mol. The Kier molecular flexibility index (Phi) is 3.64. The quantitative estimate of drug-likeness (QED) is 0.280. The van der Waals surface area contributed by atoms with Crippen molar-refractivity contribution in [2.24, 2.45) is 35.5 Å². The van der Waals surface area contributed by atoms with Crippen LogP contribution in [0.25, 0.3) is 0 Å². The van der Waals surface area contributed by atoms with Gasteiger partial charge in [0.1, 0.15) is 9.02 Å². The van der Waals surface area contributed by atoms with Crippen molar-refractivity contribution in [2.45, 2.75) is 74.7 Å². The van der Waals surface area contributed by atoms with Crippen molar-refractivity contribution >= 4 is 28.6 Å². The van der Waals surface area contributed by atoms with Gasteiger partial charge in [-0.1, -0.05) is 36.4 Å². The van der Waals surface area contributed by atoms with Crippen LogP contribution in [0.5, 0.6) is 0 Å². The van der Waals surface area contributed by atoms with Crippen LogP contribution in [0.15, 0.2) is 0 Å². The number of carbonyl (C=O) groups excluding carboxylic acids is 1. The van der Waals surface area contributed by atoms with Gasteiger partial charge in [-0.25, -0.2) is 0 Å². The van der Waals surface area contributed by atoms with Crippen molar-refractivity contribution in [3.05, 3.63) is 0 Å². The van der Waals surface area contributed by atoms with Gasteiger partial charge in [0.2, 0.25) is 0 Å². The van der Waals surface area contributed by atoms with Gasteiger partial charge in [-0.05, 0) is 81.5 Å². The Labute approximate surface area is 148 Å². The molecular weight excluding hydrogens is 387 g/mol. The summed E-state index contributed by atoms with van der Waals surface area (Å²) in [4.78, 5) is 12.7. The molecule has 0 amide bonds. The van der Waals surface area contributed by atoms with Crippen LogP contribution >= 0.6 is 22.6 Å². The second-order valence-electron chi connectivity index (χ2n) is 8.65. The number of halogens is 1. The second kappa shape index (κ2) is 5.10. The molecule has 3 heteroatoms. The maximum atomic E-state index is 12.7. The van der Waals surface area contributed by atoms with Crippen LogP contribution in [0, 0.1) is 35.5 Å². The van der Waals surface area contributed by atoms with Gasteiger partial charge in [0, 0.05) is 5.92 Å². The number of fused-ring (bicyclic) bond motifs is 9. The first kappa shape index (κ1) is 15.7. The van der Waals surface area contributed by atoms with Gasteiger partial charge in [-0.3, -0.25) is 4.79 Å². The van der Waals surface area contributed by atoms with Gasteiger partial charge in [0.15, 0.2) is 0 Å². The van der Waals surface area contributed by atoms with Gasteiger partial charge in [-0.2, -0.15) is 0 Å². The van der Waals surface area contributed by atoms with Gasteiger partial charge >= 0.3 is 5.97 Å². The van der Waals surface area contributed by atoms with E-state index in [2.05, 4.69) is 36.4 Å². The summed E-state index contributed by atoms with van der Waals surface area (Å²) in [7, 11) is 0. The molecule has 124 valence electrons. The highest BCUT2D eigenvalue weighted by Gasteiger charge is 2.68. The molecule has 4 bridgehead atoms. The topological polar surface area (TPSA) is 26.3 Å². The first-order valence-electron chi connectivity index (χ1n) is 9.34.